The van der Waals surface area contributed by atoms with Crippen molar-refractivity contribution in [1.82, 2.24) is 0 Å². The summed E-state index contributed by atoms with van der Waals surface area (Å²) in [6.07, 6.45) is 2.19. The van der Waals surface area contributed by atoms with Crippen molar-refractivity contribution in [2.24, 2.45) is 5.73 Å². The molecule has 15 heavy (non-hydrogen) atoms. The third kappa shape index (κ3) is 3.24. The first kappa shape index (κ1) is 12.1. The van der Waals surface area contributed by atoms with Crippen LogP contribution in [0.4, 0.5) is 0 Å². The van der Waals surface area contributed by atoms with Gasteiger partial charge in [0.15, 0.2) is 0 Å². The second-order valence-corrected chi connectivity index (χ2v) is 3.89. The fourth-order valence-electron chi connectivity index (χ4n) is 1.41. The Morgan fingerprint density at radius 1 is 1.20 bits per heavy atom. The van der Waals surface area contributed by atoms with Gasteiger partial charge in [-0.15, -0.1) is 0 Å². The van der Waals surface area contributed by atoms with E-state index in [0.29, 0.717) is 0 Å². The van der Waals surface area contributed by atoms with E-state index >= 15 is 0 Å². The van der Waals surface area contributed by atoms with E-state index in [2.05, 4.69) is 20.8 Å². The highest BCUT2D eigenvalue weighted by Crippen LogP contribution is 2.26. The zero-order valence-corrected chi connectivity index (χ0v) is 9.86. The lowest BCUT2D eigenvalue weighted by molar-refractivity contribution is 0.214. The Balaban J connectivity index is 2.86. The molecule has 0 radical (unpaired) electrons. The topological polar surface area (TPSA) is 35.2 Å². The summed E-state index contributed by atoms with van der Waals surface area (Å²) in [5, 5.41) is 0. The van der Waals surface area contributed by atoms with Gasteiger partial charge in [-0.1, -0.05) is 32.0 Å². The Kier molecular flexibility index (Phi) is 4.63. The first-order chi connectivity index (χ1) is 7.19. The molecule has 0 saturated carbocycles. The Labute approximate surface area is 92.4 Å². The fourth-order valence-corrected chi connectivity index (χ4v) is 1.41. The van der Waals surface area contributed by atoms with Crippen LogP contribution in [0.1, 0.15) is 45.2 Å². The average Bonchev–Trinajstić information content (AvgIpc) is 2.28. The summed E-state index contributed by atoms with van der Waals surface area (Å²) in [5.41, 5.74) is 7.14. The van der Waals surface area contributed by atoms with Gasteiger partial charge >= 0.3 is 0 Å². The molecule has 0 bridgehead atoms. The smallest absolute Gasteiger partial charge is 0.124 e. The molecule has 0 heterocycles. The fraction of sp³-hybridized carbons (Fsp3) is 0.538. The van der Waals surface area contributed by atoms with Crippen LogP contribution in [-0.2, 0) is 0 Å². The summed E-state index contributed by atoms with van der Waals surface area (Å²) in [4.78, 5) is 0. The van der Waals surface area contributed by atoms with E-state index in [1.54, 1.807) is 0 Å². The zero-order valence-electron chi connectivity index (χ0n) is 9.86. The summed E-state index contributed by atoms with van der Waals surface area (Å²) < 4.78 is 5.84. The van der Waals surface area contributed by atoms with Crippen molar-refractivity contribution in [1.29, 1.82) is 0 Å². The second-order valence-electron chi connectivity index (χ2n) is 3.89. The van der Waals surface area contributed by atoms with E-state index in [1.807, 2.05) is 24.3 Å². The van der Waals surface area contributed by atoms with Crippen LogP contribution in [0.25, 0.3) is 0 Å². The monoisotopic (exact) mass is 207 g/mol. The standard InChI is InChI=1S/C13H21NO/c1-4-10(3)15-13-9-7-6-8-11(13)12(14)5-2/h6-10,12H,4-5,14H2,1-3H3/t10?,12-/m0/s1. The van der Waals surface area contributed by atoms with Crippen LogP contribution in [0.5, 0.6) is 5.75 Å². The van der Waals surface area contributed by atoms with Gasteiger partial charge in [0.1, 0.15) is 5.75 Å². The number of nitrogens with two attached hydrogens (primary N) is 1. The normalized spacial score (nSPS) is 14.7. The number of para-hydroxylation sites is 1. The molecule has 0 aliphatic carbocycles. The van der Waals surface area contributed by atoms with Crippen LogP contribution in [0.2, 0.25) is 0 Å². The molecular weight excluding hydrogens is 186 g/mol. The third-order valence-electron chi connectivity index (χ3n) is 2.66. The molecule has 84 valence electrons. The molecule has 0 saturated heterocycles. The number of rotatable bonds is 5. The van der Waals surface area contributed by atoms with Crippen LogP contribution in [0.3, 0.4) is 0 Å². The van der Waals surface area contributed by atoms with E-state index in [-0.39, 0.29) is 12.1 Å². The van der Waals surface area contributed by atoms with Gasteiger partial charge < -0.3 is 10.5 Å². The lowest BCUT2D eigenvalue weighted by atomic mass is 10.0. The molecule has 1 aromatic carbocycles. The summed E-state index contributed by atoms with van der Waals surface area (Å²) in [7, 11) is 0. The number of hydrogen-bond donors (Lipinski definition) is 1. The molecular formula is C13H21NO. The summed E-state index contributed by atoms with van der Waals surface area (Å²) in [6.45, 7) is 6.28. The van der Waals surface area contributed by atoms with Gasteiger partial charge in [0.2, 0.25) is 0 Å². The first-order valence-corrected chi connectivity index (χ1v) is 5.70. The number of hydrogen-bond acceptors (Lipinski definition) is 2. The van der Waals surface area contributed by atoms with Gasteiger partial charge in [0, 0.05) is 11.6 Å². The molecule has 0 aliphatic rings. The van der Waals surface area contributed by atoms with Crippen molar-refractivity contribution in [3.8, 4) is 5.75 Å². The van der Waals surface area contributed by atoms with Crippen molar-refractivity contribution < 1.29 is 4.74 Å². The van der Waals surface area contributed by atoms with Crippen LogP contribution in [-0.4, -0.2) is 6.10 Å². The third-order valence-corrected chi connectivity index (χ3v) is 2.66. The van der Waals surface area contributed by atoms with Crippen molar-refractivity contribution in [3.05, 3.63) is 29.8 Å². The minimum Gasteiger partial charge on any atom is -0.490 e. The molecule has 0 spiro atoms. The van der Waals surface area contributed by atoms with Gasteiger partial charge in [0.25, 0.3) is 0 Å². The highest BCUT2D eigenvalue weighted by Gasteiger charge is 2.11. The minimum atomic E-state index is 0.0743. The van der Waals surface area contributed by atoms with Crippen molar-refractivity contribution in [2.75, 3.05) is 0 Å². The summed E-state index contributed by atoms with van der Waals surface area (Å²) >= 11 is 0. The maximum Gasteiger partial charge on any atom is 0.124 e. The number of ether oxygens (including phenoxy) is 1. The Bertz CT molecular complexity index is 298. The van der Waals surface area contributed by atoms with E-state index in [9.17, 15) is 0 Å². The Hall–Kier alpha value is -1.02. The van der Waals surface area contributed by atoms with E-state index in [0.717, 1.165) is 24.2 Å². The molecule has 0 aromatic heterocycles. The predicted molar refractivity (Wildman–Crippen MR) is 64.0 cm³/mol. The molecule has 2 atom stereocenters. The van der Waals surface area contributed by atoms with Crippen molar-refractivity contribution in [2.45, 2.75) is 45.8 Å². The summed E-state index contributed by atoms with van der Waals surface area (Å²) in [5.74, 6) is 0.932. The van der Waals surface area contributed by atoms with Gasteiger partial charge in [0.05, 0.1) is 6.10 Å². The van der Waals surface area contributed by atoms with Crippen LogP contribution >= 0.6 is 0 Å². The van der Waals surface area contributed by atoms with Gasteiger partial charge in [-0.3, -0.25) is 0 Å². The molecule has 0 fully saturated rings. The second kappa shape index (κ2) is 5.76. The van der Waals surface area contributed by atoms with Crippen LogP contribution in [0, 0.1) is 0 Å². The van der Waals surface area contributed by atoms with Gasteiger partial charge in [-0.05, 0) is 25.8 Å². The Morgan fingerprint density at radius 2 is 1.87 bits per heavy atom. The molecule has 2 heteroatoms. The van der Waals surface area contributed by atoms with Gasteiger partial charge in [-0.25, -0.2) is 0 Å². The molecule has 1 rings (SSSR count). The van der Waals surface area contributed by atoms with Gasteiger partial charge in [-0.2, -0.15) is 0 Å². The van der Waals surface area contributed by atoms with Crippen molar-refractivity contribution in [3.63, 3.8) is 0 Å². The van der Waals surface area contributed by atoms with E-state index in [1.165, 1.54) is 0 Å². The lowest BCUT2D eigenvalue weighted by Crippen LogP contribution is -2.15. The average molecular weight is 207 g/mol. The quantitative estimate of drug-likeness (QED) is 0.804. The molecule has 2 N–H and O–H groups in total. The van der Waals surface area contributed by atoms with Crippen molar-refractivity contribution >= 4 is 0 Å². The number of benzene rings is 1. The zero-order chi connectivity index (χ0) is 11.3. The first-order valence-electron chi connectivity index (χ1n) is 5.70. The highest BCUT2D eigenvalue weighted by molar-refractivity contribution is 5.35. The van der Waals surface area contributed by atoms with Crippen LogP contribution in [0.15, 0.2) is 24.3 Å². The molecule has 1 unspecified atom stereocenters. The van der Waals surface area contributed by atoms with E-state index < -0.39 is 0 Å². The maximum absolute atomic E-state index is 6.03. The molecule has 0 amide bonds. The SMILES string of the molecule is CCC(C)Oc1ccccc1[C@@H](N)CC. The summed E-state index contributed by atoms with van der Waals surface area (Å²) in [6, 6.07) is 8.12. The minimum absolute atomic E-state index is 0.0743. The van der Waals surface area contributed by atoms with Crippen LogP contribution < -0.4 is 10.5 Å². The largest absolute Gasteiger partial charge is 0.490 e. The Morgan fingerprint density at radius 3 is 2.47 bits per heavy atom. The molecule has 2 nitrogen and oxygen atoms in total. The maximum atomic E-state index is 6.03. The molecule has 1 aromatic rings. The van der Waals surface area contributed by atoms with E-state index in [4.69, 9.17) is 10.5 Å². The highest BCUT2D eigenvalue weighted by atomic mass is 16.5. The predicted octanol–water partition coefficient (Wildman–Crippen LogP) is 3.27. The molecule has 0 aliphatic heterocycles. The lowest BCUT2D eigenvalue weighted by Gasteiger charge is -2.18.